The Morgan fingerprint density at radius 1 is 1.04 bits per heavy atom. The molecule has 136 valence electrons. The van der Waals surface area contributed by atoms with Gasteiger partial charge in [0.15, 0.2) is 0 Å². The zero-order valence-corrected chi connectivity index (χ0v) is 15.4. The fraction of sp³-hybridized carbons (Fsp3) is 0.143. The monoisotopic (exact) mass is 379 g/mol. The van der Waals surface area contributed by atoms with Crippen LogP contribution in [0.5, 0.6) is 0 Å². The van der Waals surface area contributed by atoms with Crippen molar-refractivity contribution in [3.63, 3.8) is 0 Å². The molecule has 1 N–H and O–H groups in total. The first-order valence-corrected chi connectivity index (χ1v) is 9.57. The molecule has 0 aliphatic carbocycles. The number of nitrogens with one attached hydrogen (secondary N) is 1. The zero-order chi connectivity index (χ0) is 18.5. The second-order valence-corrected chi connectivity index (χ2v) is 6.98. The third-order valence-corrected chi connectivity index (χ3v) is 5.05. The molecule has 3 aromatic heterocycles. The average molecular weight is 379 g/mol. The predicted molar refractivity (Wildman–Crippen MR) is 105 cm³/mol. The second kappa shape index (κ2) is 8.24. The standard InChI is InChI=1S/C21H18FN3OS/c22-18-4-2-1-3-17(18)20-6-5-16(26-20)13-24-12-9-21-25-19(14-27-21)15-7-10-23-11-8-15/h1-8,10-11,14,24H,9,12-13H2. The number of benzene rings is 1. The van der Waals surface area contributed by atoms with Crippen molar-refractivity contribution in [3.8, 4) is 22.6 Å². The fourth-order valence-corrected chi connectivity index (χ4v) is 3.57. The van der Waals surface area contributed by atoms with Crippen molar-refractivity contribution in [3.05, 3.63) is 82.9 Å². The van der Waals surface area contributed by atoms with Gasteiger partial charge in [0, 0.05) is 36.3 Å². The Morgan fingerprint density at radius 3 is 2.74 bits per heavy atom. The first-order valence-electron chi connectivity index (χ1n) is 8.69. The number of hydrogen-bond donors (Lipinski definition) is 1. The van der Waals surface area contributed by atoms with Gasteiger partial charge in [0.05, 0.1) is 22.8 Å². The van der Waals surface area contributed by atoms with E-state index in [0.717, 1.165) is 35.0 Å². The minimum Gasteiger partial charge on any atom is -0.460 e. The SMILES string of the molecule is Fc1ccccc1-c1ccc(CNCCc2nc(-c3ccncc3)cs2)o1. The van der Waals surface area contributed by atoms with E-state index in [0.29, 0.717) is 17.9 Å². The molecule has 0 spiro atoms. The minimum absolute atomic E-state index is 0.278. The number of nitrogens with zero attached hydrogens (tertiary/aromatic N) is 2. The summed E-state index contributed by atoms with van der Waals surface area (Å²) in [5.41, 5.74) is 2.55. The number of furan rings is 1. The molecule has 0 unspecified atom stereocenters. The van der Waals surface area contributed by atoms with Gasteiger partial charge in [-0.05, 0) is 36.4 Å². The maximum absolute atomic E-state index is 13.8. The van der Waals surface area contributed by atoms with Gasteiger partial charge in [-0.1, -0.05) is 12.1 Å². The van der Waals surface area contributed by atoms with Gasteiger partial charge < -0.3 is 9.73 Å². The van der Waals surface area contributed by atoms with Gasteiger partial charge in [0.25, 0.3) is 0 Å². The van der Waals surface area contributed by atoms with Crippen LogP contribution in [-0.4, -0.2) is 16.5 Å². The molecule has 6 heteroatoms. The van der Waals surface area contributed by atoms with Crippen LogP contribution in [0, 0.1) is 5.82 Å². The highest BCUT2D eigenvalue weighted by molar-refractivity contribution is 7.09. The van der Waals surface area contributed by atoms with E-state index in [-0.39, 0.29) is 5.82 Å². The van der Waals surface area contributed by atoms with Gasteiger partial charge in [-0.25, -0.2) is 9.37 Å². The molecule has 0 saturated heterocycles. The molecule has 0 amide bonds. The lowest BCUT2D eigenvalue weighted by atomic mass is 10.1. The van der Waals surface area contributed by atoms with Crippen molar-refractivity contribution in [1.29, 1.82) is 0 Å². The molecule has 4 rings (SSSR count). The number of aromatic nitrogens is 2. The van der Waals surface area contributed by atoms with Crippen molar-refractivity contribution in [1.82, 2.24) is 15.3 Å². The number of halogens is 1. The van der Waals surface area contributed by atoms with Crippen LogP contribution in [-0.2, 0) is 13.0 Å². The number of rotatable bonds is 7. The third kappa shape index (κ3) is 4.30. The Bertz CT molecular complexity index is 1010. The Hall–Kier alpha value is -2.83. The van der Waals surface area contributed by atoms with E-state index in [1.807, 2.05) is 18.2 Å². The highest BCUT2D eigenvalue weighted by Gasteiger charge is 2.09. The van der Waals surface area contributed by atoms with Crippen LogP contribution >= 0.6 is 11.3 Å². The Balaban J connectivity index is 1.29. The highest BCUT2D eigenvalue weighted by atomic mass is 32.1. The molecular weight excluding hydrogens is 361 g/mol. The van der Waals surface area contributed by atoms with Crippen LogP contribution in [0.15, 0.2) is 70.7 Å². The molecule has 3 heterocycles. The summed E-state index contributed by atoms with van der Waals surface area (Å²) in [5.74, 6) is 1.05. The normalized spacial score (nSPS) is 11.0. The highest BCUT2D eigenvalue weighted by Crippen LogP contribution is 2.25. The average Bonchev–Trinajstić information content (AvgIpc) is 3.36. The van der Waals surface area contributed by atoms with Gasteiger partial charge in [-0.3, -0.25) is 4.98 Å². The summed E-state index contributed by atoms with van der Waals surface area (Å²) in [6.45, 7) is 1.38. The number of pyridine rings is 1. The van der Waals surface area contributed by atoms with E-state index in [1.165, 1.54) is 6.07 Å². The van der Waals surface area contributed by atoms with Crippen molar-refractivity contribution in [2.24, 2.45) is 0 Å². The Morgan fingerprint density at radius 2 is 1.89 bits per heavy atom. The van der Waals surface area contributed by atoms with Gasteiger partial charge in [-0.15, -0.1) is 11.3 Å². The third-order valence-electron chi connectivity index (χ3n) is 4.14. The maximum atomic E-state index is 13.8. The molecule has 0 aliphatic heterocycles. The van der Waals surface area contributed by atoms with E-state index in [2.05, 4.69) is 20.7 Å². The molecule has 0 aliphatic rings. The van der Waals surface area contributed by atoms with Crippen LogP contribution in [0.3, 0.4) is 0 Å². The largest absolute Gasteiger partial charge is 0.460 e. The van der Waals surface area contributed by atoms with Gasteiger partial charge in [0.2, 0.25) is 0 Å². The van der Waals surface area contributed by atoms with Crippen LogP contribution in [0.4, 0.5) is 4.39 Å². The van der Waals surface area contributed by atoms with Crippen LogP contribution in [0.2, 0.25) is 0 Å². The molecular formula is C21H18FN3OS. The summed E-state index contributed by atoms with van der Waals surface area (Å²) in [5, 5.41) is 6.50. The van der Waals surface area contributed by atoms with Gasteiger partial charge in [0.1, 0.15) is 17.3 Å². The van der Waals surface area contributed by atoms with Crippen LogP contribution in [0.25, 0.3) is 22.6 Å². The minimum atomic E-state index is -0.278. The summed E-state index contributed by atoms with van der Waals surface area (Å²) in [6, 6.07) is 14.2. The molecule has 0 fully saturated rings. The van der Waals surface area contributed by atoms with E-state index >= 15 is 0 Å². The Kier molecular flexibility index (Phi) is 5.37. The second-order valence-electron chi connectivity index (χ2n) is 6.03. The molecule has 4 aromatic rings. The van der Waals surface area contributed by atoms with Crippen molar-refractivity contribution in [2.75, 3.05) is 6.54 Å². The van der Waals surface area contributed by atoms with E-state index in [4.69, 9.17) is 4.42 Å². The lowest BCUT2D eigenvalue weighted by Crippen LogP contribution is -2.16. The molecule has 0 saturated carbocycles. The summed E-state index contributed by atoms with van der Waals surface area (Å²) in [7, 11) is 0. The molecule has 0 atom stereocenters. The van der Waals surface area contributed by atoms with Crippen molar-refractivity contribution < 1.29 is 8.81 Å². The summed E-state index contributed by atoms with van der Waals surface area (Å²) < 4.78 is 19.6. The van der Waals surface area contributed by atoms with Gasteiger partial charge >= 0.3 is 0 Å². The topological polar surface area (TPSA) is 51.0 Å². The first-order chi connectivity index (χ1) is 13.3. The van der Waals surface area contributed by atoms with Crippen molar-refractivity contribution >= 4 is 11.3 Å². The number of hydrogen-bond acceptors (Lipinski definition) is 5. The molecule has 0 bridgehead atoms. The quantitative estimate of drug-likeness (QED) is 0.462. The lowest BCUT2D eigenvalue weighted by Gasteiger charge is -2.02. The van der Waals surface area contributed by atoms with E-state index < -0.39 is 0 Å². The first kappa shape index (κ1) is 17.6. The molecule has 27 heavy (non-hydrogen) atoms. The predicted octanol–water partition coefficient (Wildman–Crippen LogP) is 4.94. The molecule has 0 radical (unpaired) electrons. The van der Waals surface area contributed by atoms with E-state index in [9.17, 15) is 4.39 Å². The van der Waals surface area contributed by atoms with Gasteiger partial charge in [-0.2, -0.15) is 0 Å². The van der Waals surface area contributed by atoms with Crippen molar-refractivity contribution in [2.45, 2.75) is 13.0 Å². The van der Waals surface area contributed by atoms with Crippen LogP contribution in [0.1, 0.15) is 10.8 Å². The molecule has 4 nitrogen and oxygen atoms in total. The summed E-state index contributed by atoms with van der Waals surface area (Å²) in [6.07, 6.45) is 4.39. The summed E-state index contributed by atoms with van der Waals surface area (Å²) in [4.78, 5) is 8.69. The van der Waals surface area contributed by atoms with E-state index in [1.54, 1.807) is 48.0 Å². The maximum Gasteiger partial charge on any atom is 0.137 e. The summed E-state index contributed by atoms with van der Waals surface area (Å²) >= 11 is 1.66. The van der Waals surface area contributed by atoms with Crippen LogP contribution < -0.4 is 5.32 Å². The smallest absolute Gasteiger partial charge is 0.137 e. The number of thiazole rings is 1. The lowest BCUT2D eigenvalue weighted by molar-refractivity contribution is 0.491. The molecule has 1 aromatic carbocycles. The zero-order valence-electron chi connectivity index (χ0n) is 14.6. The fourth-order valence-electron chi connectivity index (χ4n) is 2.77. The Labute approximate surface area is 160 Å².